The van der Waals surface area contributed by atoms with Crippen LogP contribution < -0.4 is 0 Å². The topological polar surface area (TPSA) is 67.5 Å². The van der Waals surface area contributed by atoms with Crippen LogP contribution in [0.3, 0.4) is 0 Å². The van der Waals surface area contributed by atoms with Gasteiger partial charge in [0.1, 0.15) is 5.82 Å². The molecular formula is C19H25N3O3. The van der Waals surface area contributed by atoms with Crippen LogP contribution in [0.4, 0.5) is 0 Å². The third-order valence-electron chi connectivity index (χ3n) is 4.48. The number of rotatable bonds is 6. The summed E-state index contributed by atoms with van der Waals surface area (Å²) in [5.41, 5.74) is 1.73. The molecule has 2 atom stereocenters. The molecule has 1 aliphatic heterocycles. The summed E-state index contributed by atoms with van der Waals surface area (Å²) < 4.78 is 11.1. The monoisotopic (exact) mass is 343 g/mol. The lowest BCUT2D eigenvalue weighted by Crippen LogP contribution is -2.32. The SMILES string of the molecule is CO[C@@H]1CC(c2ncc[nH]2)N(C(=O)c2ccc(COC(C)C)cc2)C1. The third kappa shape index (κ3) is 4.08. The molecular weight excluding hydrogens is 318 g/mol. The van der Waals surface area contributed by atoms with E-state index in [-0.39, 0.29) is 24.2 Å². The Morgan fingerprint density at radius 3 is 2.72 bits per heavy atom. The highest BCUT2D eigenvalue weighted by molar-refractivity contribution is 5.94. The molecule has 0 aliphatic carbocycles. The van der Waals surface area contributed by atoms with Crippen LogP contribution in [0, 0.1) is 0 Å². The summed E-state index contributed by atoms with van der Waals surface area (Å²) in [7, 11) is 1.68. The number of nitrogens with zero attached hydrogens (tertiary/aromatic N) is 2. The van der Waals surface area contributed by atoms with Crippen LogP contribution in [0.5, 0.6) is 0 Å². The number of hydrogen-bond donors (Lipinski definition) is 1. The average Bonchev–Trinajstić information content (AvgIpc) is 3.28. The number of amides is 1. The fourth-order valence-electron chi connectivity index (χ4n) is 3.08. The van der Waals surface area contributed by atoms with Crippen LogP contribution in [-0.4, -0.2) is 46.6 Å². The van der Waals surface area contributed by atoms with Gasteiger partial charge in [0.2, 0.25) is 0 Å². The van der Waals surface area contributed by atoms with Crippen molar-refractivity contribution in [3.63, 3.8) is 0 Å². The Morgan fingerprint density at radius 1 is 1.36 bits per heavy atom. The number of carbonyl (C=O) groups is 1. The predicted octanol–water partition coefficient (Wildman–Crippen LogP) is 2.94. The molecule has 0 radical (unpaired) electrons. The van der Waals surface area contributed by atoms with Gasteiger partial charge in [0.25, 0.3) is 5.91 Å². The molecule has 1 aromatic carbocycles. The largest absolute Gasteiger partial charge is 0.380 e. The Morgan fingerprint density at radius 2 is 2.12 bits per heavy atom. The summed E-state index contributed by atoms with van der Waals surface area (Å²) in [6.45, 7) is 5.13. The van der Waals surface area contributed by atoms with E-state index in [1.807, 2.05) is 43.0 Å². The first kappa shape index (κ1) is 17.6. The second-order valence-electron chi connectivity index (χ2n) is 6.60. The molecule has 0 bridgehead atoms. The average molecular weight is 343 g/mol. The summed E-state index contributed by atoms with van der Waals surface area (Å²) in [5.74, 6) is 0.798. The first-order valence-corrected chi connectivity index (χ1v) is 8.62. The van der Waals surface area contributed by atoms with Crippen LogP contribution in [0.15, 0.2) is 36.7 Å². The number of aromatic amines is 1. The quantitative estimate of drug-likeness (QED) is 0.876. The van der Waals surface area contributed by atoms with Gasteiger partial charge in [0.15, 0.2) is 0 Å². The lowest BCUT2D eigenvalue weighted by molar-refractivity contribution is 0.0653. The number of carbonyl (C=O) groups excluding carboxylic acids is 1. The zero-order valence-corrected chi connectivity index (χ0v) is 14.9. The smallest absolute Gasteiger partial charge is 0.254 e. The molecule has 1 aliphatic rings. The number of nitrogens with one attached hydrogen (secondary N) is 1. The van der Waals surface area contributed by atoms with E-state index in [1.165, 1.54) is 0 Å². The lowest BCUT2D eigenvalue weighted by atomic mass is 10.1. The maximum absolute atomic E-state index is 13.0. The zero-order chi connectivity index (χ0) is 17.8. The number of H-pyrrole nitrogens is 1. The van der Waals surface area contributed by atoms with Gasteiger partial charge in [-0.15, -0.1) is 0 Å². The molecule has 1 N–H and O–H groups in total. The summed E-state index contributed by atoms with van der Waals surface area (Å²) in [4.78, 5) is 22.3. The number of imidazole rings is 1. The Kier molecular flexibility index (Phi) is 5.50. The van der Waals surface area contributed by atoms with Crippen LogP contribution in [0.2, 0.25) is 0 Å². The van der Waals surface area contributed by atoms with Crippen molar-refractivity contribution in [1.82, 2.24) is 14.9 Å². The lowest BCUT2D eigenvalue weighted by Gasteiger charge is -2.23. The van der Waals surface area contributed by atoms with E-state index in [9.17, 15) is 4.79 Å². The van der Waals surface area contributed by atoms with Crippen molar-refractivity contribution in [2.75, 3.05) is 13.7 Å². The molecule has 1 amide bonds. The molecule has 2 aromatic rings. The highest BCUT2D eigenvalue weighted by Crippen LogP contribution is 2.32. The number of hydrogen-bond acceptors (Lipinski definition) is 4. The molecule has 1 fully saturated rings. The van der Waals surface area contributed by atoms with Gasteiger partial charge in [-0.3, -0.25) is 4.79 Å². The van der Waals surface area contributed by atoms with Gasteiger partial charge in [0, 0.05) is 38.0 Å². The molecule has 1 saturated heterocycles. The van der Waals surface area contributed by atoms with Gasteiger partial charge in [0.05, 0.1) is 24.9 Å². The summed E-state index contributed by atoms with van der Waals surface area (Å²) >= 11 is 0. The van der Waals surface area contributed by atoms with Crippen molar-refractivity contribution in [3.8, 4) is 0 Å². The van der Waals surface area contributed by atoms with Gasteiger partial charge < -0.3 is 19.4 Å². The van der Waals surface area contributed by atoms with Crippen molar-refractivity contribution in [2.45, 2.75) is 45.1 Å². The Balaban J connectivity index is 1.74. The van der Waals surface area contributed by atoms with E-state index >= 15 is 0 Å². The summed E-state index contributed by atoms with van der Waals surface area (Å²) in [6.07, 6.45) is 4.45. The minimum absolute atomic E-state index is 0.00252. The van der Waals surface area contributed by atoms with E-state index < -0.39 is 0 Å². The number of ether oxygens (including phenoxy) is 2. The minimum atomic E-state index is -0.0867. The van der Waals surface area contributed by atoms with Crippen LogP contribution in [-0.2, 0) is 16.1 Å². The fraction of sp³-hybridized carbons (Fsp3) is 0.474. The van der Waals surface area contributed by atoms with Crippen molar-refractivity contribution >= 4 is 5.91 Å². The second-order valence-corrected chi connectivity index (χ2v) is 6.60. The van der Waals surface area contributed by atoms with Crippen LogP contribution in [0.25, 0.3) is 0 Å². The van der Waals surface area contributed by atoms with Crippen molar-refractivity contribution in [3.05, 3.63) is 53.6 Å². The van der Waals surface area contributed by atoms with Crippen molar-refractivity contribution < 1.29 is 14.3 Å². The maximum atomic E-state index is 13.0. The highest BCUT2D eigenvalue weighted by Gasteiger charge is 2.38. The van der Waals surface area contributed by atoms with E-state index in [4.69, 9.17) is 9.47 Å². The first-order valence-electron chi connectivity index (χ1n) is 8.62. The molecule has 1 unspecified atom stereocenters. The minimum Gasteiger partial charge on any atom is -0.380 e. The second kappa shape index (κ2) is 7.80. The number of benzene rings is 1. The normalized spacial score (nSPS) is 20.4. The van der Waals surface area contributed by atoms with Crippen molar-refractivity contribution in [1.29, 1.82) is 0 Å². The van der Waals surface area contributed by atoms with Crippen LogP contribution in [0.1, 0.15) is 48.1 Å². The Bertz CT molecular complexity index is 682. The first-order chi connectivity index (χ1) is 12.1. The molecule has 0 spiro atoms. The molecule has 3 rings (SSSR count). The van der Waals surface area contributed by atoms with Gasteiger partial charge in [-0.25, -0.2) is 4.98 Å². The molecule has 6 heteroatoms. The van der Waals surface area contributed by atoms with E-state index in [0.717, 1.165) is 17.8 Å². The number of likely N-dealkylation sites (tertiary alicyclic amines) is 1. The van der Waals surface area contributed by atoms with Gasteiger partial charge in [-0.1, -0.05) is 12.1 Å². The standard InChI is InChI=1S/C19H25N3O3/c1-13(2)25-12-14-4-6-15(7-5-14)19(23)22-11-16(24-3)10-17(22)18-20-8-9-21-18/h4-9,13,16-17H,10-12H2,1-3H3,(H,20,21)/t16-,17?/m1/s1. The van der Waals surface area contributed by atoms with E-state index in [1.54, 1.807) is 19.5 Å². The molecule has 25 heavy (non-hydrogen) atoms. The van der Waals surface area contributed by atoms with Gasteiger partial charge >= 0.3 is 0 Å². The van der Waals surface area contributed by atoms with Crippen molar-refractivity contribution in [2.24, 2.45) is 0 Å². The highest BCUT2D eigenvalue weighted by atomic mass is 16.5. The maximum Gasteiger partial charge on any atom is 0.254 e. The summed E-state index contributed by atoms with van der Waals surface area (Å²) in [5, 5.41) is 0. The third-order valence-corrected chi connectivity index (χ3v) is 4.48. The van der Waals surface area contributed by atoms with E-state index in [2.05, 4.69) is 9.97 Å². The number of aromatic nitrogens is 2. The Labute approximate surface area is 148 Å². The van der Waals surface area contributed by atoms with Crippen LogP contribution >= 0.6 is 0 Å². The molecule has 0 saturated carbocycles. The zero-order valence-electron chi connectivity index (χ0n) is 14.9. The fourth-order valence-corrected chi connectivity index (χ4v) is 3.08. The molecule has 2 heterocycles. The summed E-state index contributed by atoms with van der Waals surface area (Å²) in [6, 6.07) is 7.53. The molecule has 6 nitrogen and oxygen atoms in total. The molecule has 134 valence electrons. The predicted molar refractivity (Wildman–Crippen MR) is 94.1 cm³/mol. The Hall–Kier alpha value is -2.18. The van der Waals surface area contributed by atoms with Gasteiger partial charge in [-0.2, -0.15) is 0 Å². The molecule has 1 aromatic heterocycles. The van der Waals surface area contributed by atoms with E-state index in [0.29, 0.717) is 18.7 Å². The van der Waals surface area contributed by atoms with Gasteiger partial charge in [-0.05, 0) is 31.5 Å². The number of methoxy groups -OCH3 is 1.